The minimum absolute atomic E-state index is 0.218. The van der Waals surface area contributed by atoms with Crippen LogP contribution in [0.1, 0.15) is 20.8 Å². The Kier molecular flexibility index (Phi) is 3.14. The van der Waals surface area contributed by atoms with Gasteiger partial charge in [0.25, 0.3) is 0 Å². The van der Waals surface area contributed by atoms with Crippen molar-refractivity contribution in [1.29, 1.82) is 0 Å². The second-order valence-electron chi connectivity index (χ2n) is 3.85. The van der Waals surface area contributed by atoms with E-state index in [-0.39, 0.29) is 5.92 Å². The maximum atomic E-state index is 9.98. The molecule has 0 aliphatic heterocycles. The maximum Gasteiger partial charge on any atom is 0.128 e. The van der Waals surface area contributed by atoms with Crippen LogP contribution in [-0.2, 0) is 6.54 Å². The summed E-state index contributed by atoms with van der Waals surface area (Å²) >= 11 is 3.26. The molecule has 0 aliphatic carbocycles. The van der Waals surface area contributed by atoms with Gasteiger partial charge in [0.1, 0.15) is 4.60 Å². The van der Waals surface area contributed by atoms with Crippen LogP contribution in [0.5, 0.6) is 0 Å². The van der Waals surface area contributed by atoms with E-state index in [0.29, 0.717) is 6.54 Å². The Morgan fingerprint density at radius 1 is 1.69 bits per heavy atom. The predicted octanol–water partition coefficient (Wildman–Crippen LogP) is 2.05. The van der Waals surface area contributed by atoms with Crippen molar-refractivity contribution in [2.75, 3.05) is 0 Å². The van der Waals surface area contributed by atoms with Gasteiger partial charge >= 0.3 is 0 Å². The van der Waals surface area contributed by atoms with Gasteiger partial charge < -0.3 is 5.11 Å². The lowest BCUT2D eigenvalue weighted by molar-refractivity contribution is -0.00574. The van der Waals surface area contributed by atoms with Gasteiger partial charge in [0.05, 0.1) is 12.1 Å². The molecule has 74 valence electrons. The van der Waals surface area contributed by atoms with Crippen molar-refractivity contribution in [2.45, 2.75) is 32.9 Å². The molecule has 1 unspecified atom stereocenters. The molecule has 0 aliphatic rings. The average molecular weight is 247 g/mol. The topological polar surface area (TPSA) is 38.0 Å². The van der Waals surface area contributed by atoms with Crippen LogP contribution in [-0.4, -0.2) is 20.5 Å². The van der Waals surface area contributed by atoms with Gasteiger partial charge in [-0.05, 0) is 34.8 Å². The number of aliphatic hydroxyl groups is 1. The third kappa shape index (κ3) is 2.81. The SMILES string of the molecule is CC(C)C(C)(O)Cn1ccc(Br)n1. The first kappa shape index (κ1) is 10.7. The van der Waals surface area contributed by atoms with E-state index in [0.717, 1.165) is 4.60 Å². The summed E-state index contributed by atoms with van der Waals surface area (Å²) < 4.78 is 2.54. The minimum Gasteiger partial charge on any atom is -0.388 e. The van der Waals surface area contributed by atoms with E-state index >= 15 is 0 Å². The molecule has 0 fully saturated rings. The van der Waals surface area contributed by atoms with Crippen LogP contribution in [0.25, 0.3) is 0 Å². The molecule has 0 radical (unpaired) electrons. The molecule has 1 N–H and O–H groups in total. The summed E-state index contributed by atoms with van der Waals surface area (Å²) in [6.45, 7) is 6.35. The van der Waals surface area contributed by atoms with Crippen molar-refractivity contribution in [1.82, 2.24) is 9.78 Å². The van der Waals surface area contributed by atoms with Gasteiger partial charge in [-0.2, -0.15) is 5.10 Å². The molecule has 0 saturated carbocycles. The van der Waals surface area contributed by atoms with Gasteiger partial charge in [-0.15, -0.1) is 0 Å². The molecular formula is C9H15BrN2O. The van der Waals surface area contributed by atoms with E-state index in [1.165, 1.54) is 0 Å². The lowest BCUT2D eigenvalue weighted by Crippen LogP contribution is -2.36. The van der Waals surface area contributed by atoms with Gasteiger partial charge in [-0.3, -0.25) is 4.68 Å². The number of rotatable bonds is 3. The quantitative estimate of drug-likeness (QED) is 0.887. The molecule has 0 bridgehead atoms. The van der Waals surface area contributed by atoms with Crippen molar-refractivity contribution >= 4 is 15.9 Å². The molecule has 13 heavy (non-hydrogen) atoms. The molecule has 0 saturated heterocycles. The molecular weight excluding hydrogens is 232 g/mol. The first-order valence-electron chi connectivity index (χ1n) is 4.33. The zero-order chi connectivity index (χ0) is 10.1. The van der Waals surface area contributed by atoms with Crippen LogP contribution in [0.3, 0.4) is 0 Å². The third-order valence-corrected chi connectivity index (χ3v) is 2.76. The van der Waals surface area contributed by atoms with Gasteiger partial charge in [-0.1, -0.05) is 13.8 Å². The molecule has 1 atom stereocenters. The zero-order valence-corrected chi connectivity index (χ0v) is 9.74. The van der Waals surface area contributed by atoms with Crippen LogP contribution in [0, 0.1) is 5.92 Å². The van der Waals surface area contributed by atoms with E-state index < -0.39 is 5.60 Å². The lowest BCUT2D eigenvalue weighted by atomic mass is 9.93. The van der Waals surface area contributed by atoms with Gasteiger partial charge in [0.2, 0.25) is 0 Å². The fourth-order valence-electron chi connectivity index (χ4n) is 0.936. The van der Waals surface area contributed by atoms with Gasteiger partial charge in [0, 0.05) is 6.20 Å². The van der Waals surface area contributed by atoms with Crippen LogP contribution in [0.4, 0.5) is 0 Å². The predicted molar refractivity (Wildman–Crippen MR) is 55.4 cm³/mol. The summed E-state index contributed by atoms with van der Waals surface area (Å²) in [7, 11) is 0. The van der Waals surface area contributed by atoms with E-state index in [2.05, 4.69) is 21.0 Å². The van der Waals surface area contributed by atoms with Crippen molar-refractivity contribution in [2.24, 2.45) is 5.92 Å². The Bertz CT molecular complexity index is 281. The fraction of sp³-hybridized carbons (Fsp3) is 0.667. The van der Waals surface area contributed by atoms with Crippen LogP contribution < -0.4 is 0 Å². The monoisotopic (exact) mass is 246 g/mol. The second-order valence-corrected chi connectivity index (χ2v) is 4.66. The summed E-state index contributed by atoms with van der Waals surface area (Å²) in [6.07, 6.45) is 1.85. The minimum atomic E-state index is -0.703. The highest BCUT2D eigenvalue weighted by molar-refractivity contribution is 9.10. The largest absolute Gasteiger partial charge is 0.388 e. The first-order chi connectivity index (χ1) is 5.92. The number of nitrogens with zero attached hydrogens (tertiary/aromatic N) is 2. The standard InChI is InChI=1S/C9H15BrN2O/c1-7(2)9(3,13)6-12-5-4-8(10)11-12/h4-5,7,13H,6H2,1-3H3. The average Bonchev–Trinajstić information content (AvgIpc) is 2.34. The summed E-state index contributed by atoms with van der Waals surface area (Å²) in [5.74, 6) is 0.218. The zero-order valence-electron chi connectivity index (χ0n) is 8.16. The molecule has 0 spiro atoms. The Balaban J connectivity index is 2.68. The number of aromatic nitrogens is 2. The fourth-order valence-corrected chi connectivity index (χ4v) is 1.26. The van der Waals surface area contributed by atoms with E-state index in [1.54, 1.807) is 4.68 Å². The molecule has 0 aromatic carbocycles. The number of hydrogen-bond acceptors (Lipinski definition) is 2. The highest BCUT2D eigenvalue weighted by Gasteiger charge is 2.25. The Morgan fingerprint density at radius 3 is 2.69 bits per heavy atom. The number of halogens is 1. The second kappa shape index (κ2) is 3.80. The van der Waals surface area contributed by atoms with E-state index in [1.807, 2.05) is 33.0 Å². The molecule has 0 amide bonds. The lowest BCUT2D eigenvalue weighted by Gasteiger charge is -2.27. The van der Waals surface area contributed by atoms with Crippen molar-refractivity contribution in [3.05, 3.63) is 16.9 Å². The maximum absolute atomic E-state index is 9.98. The Hall–Kier alpha value is -0.350. The number of hydrogen-bond donors (Lipinski definition) is 1. The van der Waals surface area contributed by atoms with Crippen LogP contribution >= 0.6 is 15.9 Å². The van der Waals surface area contributed by atoms with E-state index in [9.17, 15) is 5.11 Å². The molecule has 1 aromatic heterocycles. The molecule has 4 heteroatoms. The summed E-state index contributed by atoms with van der Waals surface area (Å²) in [5.41, 5.74) is -0.703. The summed E-state index contributed by atoms with van der Waals surface area (Å²) in [4.78, 5) is 0. The van der Waals surface area contributed by atoms with Crippen molar-refractivity contribution < 1.29 is 5.11 Å². The molecule has 1 rings (SSSR count). The molecule has 1 aromatic rings. The van der Waals surface area contributed by atoms with Gasteiger partial charge in [0.15, 0.2) is 0 Å². The highest BCUT2D eigenvalue weighted by Crippen LogP contribution is 2.18. The third-order valence-electron chi connectivity index (χ3n) is 2.33. The summed E-state index contributed by atoms with van der Waals surface area (Å²) in [6, 6.07) is 1.86. The molecule has 3 nitrogen and oxygen atoms in total. The highest BCUT2D eigenvalue weighted by atomic mass is 79.9. The smallest absolute Gasteiger partial charge is 0.128 e. The van der Waals surface area contributed by atoms with Crippen LogP contribution in [0.15, 0.2) is 16.9 Å². The van der Waals surface area contributed by atoms with E-state index in [4.69, 9.17) is 0 Å². The first-order valence-corrected chi connectivity index (χ1v) is 5.12. The Labute approximate surface area is 86.9 Å². The summed E-state index contributed by atoms with van der Waals surface area (Å²) in [5, 5.41) is 14.1. The van der Waals surface area contributed by atoms with Crippen LogP contribution in [0.2, 0.25) is 0 Å². The van der Waals surface area contributed by atoms with Crippen molar-refractivity contribution in [3.63, 3.8) is 0 Å². The normalized spacial score (nSPS) is 16.2. The Morgan fingerprint density at radius 2 is 2.31 bits per heavy atom. The van der Waals surface area contributed by atoms with Gasteiger partial charge in [-0.25, -0.2) is 0 Å². The van der Waals surface area contributed by atoms with Crippen molar-refractivity contribution in [3.8, 4) is 0 Å². The molecule has 1 heterocycles.